The van der Waals surface area contributed by atoms with E-state index in [0.29, 0.717) is 43.1 Å². The maximum atomic E-state index is 12.2. The summed E-state index contributed by atoms with van der Waals surface area (Å²) in [5.74, 6) is 0.135. The van der Waals surface area contributed by atoms with Gasteiger partial charge in [0.25, 0.3) is 5.91 Å². The molecule has 2 aromatic rings. The highest BCUT2D eigenvalue weighted by molar-refractivity contribution is 5.97. The lowest BCUT2D eigenvalue weighted by Crippen LogP contribution is -2.49. The molecule has 1 aliphatic heterocycles. The molecule has 0 saturated carbocycles. The van der Waals surface area contributed by atoms with E-state index in [1.54, 1.807) is 41.3 Å². The number of rotatable bonds is 6. The van der Waals surface area contributed by atoms with E-state index in [2.05, 4.69) is 10.2 Å². The molecular weight excluding hydrogens is 346 g/mol. The zero-order chi connectivity index (χ0) is 19.2. The van der Waals surface area contributed by atoms with Crippen LogP contribution < -0.4 is 5.32 Å². The highest BCUT2D eigenvalue weighted by atomic mass is 16.3. The first-order chi connectivity index (χ1) is 13.0. The van der Waals surface area contributed by atoms with Gasteiger partial charge >= 0.3 is 0 Å². The molecule has 1 aromatic carbocycles. The SMILES string of the molecule is CC(=O)c1cccc(NC(=O)CCN2CCN(C(=O)c3ccco3)CC2)c1. The Balaban J connectivity index is 1.42. The zero-order valence-corrected chi connectivity index (χ0v) is 15.3. The average molecular weight is 369 g/mol. The molecule has 1 N–H and O–H groups in total. The summed E-state index contributed by atoms with van der Waals surface area (Å²) in [7, 11) is 0. The summed E-state index contributed by atoms with van der Waals surface area (Å²) in [5, 5.41) is 2.83. The summed E-state index contributed by atoms with van der Waals surface area (Å²) < 4.78 is 5.16. The van der Waals surface area contributed by atoms with Crippen LogP contribution in [0.15, 0.2) is 47.1 Å². The topological polar surface area (TPSA) is 82.9 Å². The van der Waals surface area contributed by atoms with Crippen LogP contribution in [-0.2, 0) is 4.79 Å². The molecule has 2 amide bonds. The van der Waals surface area contributed by atoms with Gasteiger partial charge in [-0.1, -0.05) is 12.1 Å². The third-order valence-electron chi connectivity index (χ3n) is 4.60. The lowest BCUT2D eigenvalue weighted by atomic mass is 10.1. The normalized spacial score (nSPS) is 14.8. The van der Waals surface area contributed by atoms with Gasteiger partial charge in [-0.3, -0.25) is 19.3 Å². The van der Waals surface area contributed by atoms with Crippen molar-refractivity contribution in [2.75, 3.05) is 38.0 Å². The molecule has 27 heavy (non-hydrogen) atoms. The third-order valence-corrected chi connectivity index (χ3v) is 4.60. The first-order valence-electron chi connectivity index (χ1n) is 8.99. The molecule has 0 aliphatic carbocycles. The molecule has 1 fully saturated rings. The molecule has 0 radical (unpaired) electrons. The number of carbonyl (C=O) groups is 3. The van der Waals surface area contributed by atoms with Crippen LogP contribution in [0.4, 0.5) is 5.69 Å². The smallest absolute Gasteiger partial charge is 0.289 e. The number of benzene rings is 1. The summed E-state index contributed by atoms with van der Waals surface area (Å²) in [6.45, 7) is 4.79. The Bertz CT molecular complexity index is 808. The number of Topliss-reactive ketones (excluding diaryl/α,β-unsaturated/α-hetero) is 1. The van der Waals surface area contributed by atoms with Crippen LogP contribution in [0.25, 0.3) is 0 Å². The minimum absolute atomic E-state index is 0.0342. The predicted molar refractivity (Wildman–Crippen MR) is 101 cm³/mol. The Morgan fingerprint density at radius 3 is 2.52 bits per heavy atom. The van der Waals surface area contributed by atoms with E-state index in [9.17, 15) is 14.4 Å². The summed E-state index contributed by atoms with van der Waals surface area (Å²) in [6, 6.07) is 10.3. The average Bonchev–Trinajstić information content (AvgIpc) is 3.21. The number of hydrogen-bond donors (Lipinski definition) is 1. The molecule has 1 saturated heterocycles. The number of hydrogen-bond acceptors (Lipinski definition) is 5. The minimum atomic E-state index is -0.0947. The number of piperazine rings is 1. The van der Waals surface area contributed by atoms with Gasteiger partial charge in [0.2, 0.25) is 5.91 Å². The molecule has 7 heteroatoms. The highest BCUT2D eigenvalue weighted by Gasteiger charge is 2.23. The van der Waals surface area contributed by atoms with Crippen molar-refractivity contribution in [1.29, 1.82) is 0 Å². The highest BCUT2D eigenvalue weighted by Crippen LogP contribution is 2.12. The second kappa shape index (κ2) is 8.64. The molecule has 7 nitrogen and oxygen atoms in total. The number of amides is 2. The first-order valence-corrected chi connectivity index (χ1v) is 8.99. The van der Waals surface area contributed by atoms with E-state index < -0.39 is 0 Å². The van der Waals surface area contributed by atoms with Gasteiger partial charge in [-0.05, 0) is 31.2 Å². The Labute approximate surface area is 157 Å². The Morgan fingerprint density at radius 2 is 1.85 bits per heavy atom. The quantitative estimate of drug-likeness (QED) is 0.790. The van der Waals surface area contributed by atoms with Crippen LogP contribution in [0.2, 0.25) is 0 Å². The fourth-order valence-electron chi connectivity index (χ4n) is 3.03. The molecule has 2 heterocycles. The zero-order valence-electron chi connectivity index (χ0n) is 15.3. The molecule has 1 aliphatic rings. The molecular formula is C20H23N3O4. The molecule has 0 spiro atoms. The van der Waals surface area contributed by atoms with Crippen LogP contribution in [-0.4, -0.2) is 60.1 Å². The number of furan rings is 1. The van der Waals surface area contributed by atoms with Crippen molar-refractivity contribution in [3.63, 3.8) is 0 Å². The Kier molecular flexibility index (Phi) is 6.03. The van der Waals surface area contributed by atoms with Crippen LogP contribution in [0.3, 0.4) is 0 Å². The maximum Gasteiger partial charge on any atom is 0.289 e. The second-order valence-electron chi connectivity index (χ2n) is 6.55. The monoisotopic (exact) mass is 369 g/mol. The number of nitrogens with zero attached hydrogens (tertiary/aromatic N) is 2. The number of ketones is 1. The lowest BCUT2D eigenvalue weighted by molar-refractivity contribution is -0.116. The molecule has 0 unspecified atom stereocenters. The van der Waals surface area contributed by atoms with Crippen molar-refractivity contribution >= 4 is 23.3 Å². The van der Waals surface area contributed by atoms with Gasteiger partial charge in [0.05, 0.1) is 6.26 Å². The van der Waals surface area contributed by atoms with E-state index in [1.807, 2.05) is 0 Å². The summed E-state index contributed by atoms with van der Waals surface area (Å²) >= 11 is 0. The van der Waals surface area contributed by atoms with Gasteiger partial charge in [-0.15, -0.1) is 0 Å². The second-order valence-corrected chi connectivity index (χ2v) is 6.55. The summed E-state index contributed by atoms with van der Waals surface area (Å²) in [5.41, 5.74) is 1.20. The Hall–Kier alpha value is -2.93. The lowest BCUT2D eigenvalue weighted by Gasteiger charge is -2.34. The molecule has 1 aromatic heterocycles. The van der Waals surface area contributed by atoms with E-state index in [-0.39, 0.29) is 17.6 Å². The summed E-state index contributed by atoms with van der Waals surface area (Å²) in [6.07, 6.45) is 1.85. The number of anilines is 1. The molecule has 0 bridgehead atoms. The molecule has 3 rings (SSSR count). The minimum Gasteiger partial charge on any atom is -0.459 e. The van der Waals surface area contributed by atoms with Gasteiger partial charge in [0.15, 0.2) is 11.5 Å². The van der Waals surface area contributed by atoms with Crippen LogP contribution in [0.1, 0.15) is 34.3 Å². The van der Waals surface area contributed by atoms with E-state index in [0.717, 1.165) is 13.1 Å². The Morgan fingerprint density at radius 1 is 1.07 bits per heavy atom. The van der Waals surface area contributed by atoms with Gasteiger partial charge in [0, 0.05) is 50.4 Å². The van der Waals surface area contributed by atoms with Crippen molar-refractivity contribution in [3.8, 4) is 0 Å². The molecule has 0 atom stereocenters. The fourth-order valence-corrected chi connectivity index (χ4v) is 3.03. The standard InChI is InChI=1S/C20H23N3O4/c1-15(24)16-4-2-5-17(14-16)21-19(25)7-8-22-9-11-23(12-10-22)20(26)18-6-3-13-27-18/h2-6,13-14H,7-12H2,1H3,(H,21,25). The van der Waals surface area contributed by atoms with Crippen LogP contribution in [0.5, 0.6) is 0 Å². The van der Waals surface area contributed by atoms with Crippen LogP contribution in [0, 0.1) is 0 Å². The van der Waals surface area contributed by atoms with Crippen molar-refractivity contribution in [2.24, 2.45) is 0 Å². The van der Waals surface area contributed by atoms with Gasteiger partial charge in [0.1, 0.15) is 0 Å². The largest absolute Gasteiger partial charge is 0.459 e. The molecule has 142 valence electrons. The van der Waals surface area contributed by atoms with Crippen molar-refractivity contribution in [2.45, 2.75) is 13.3 Å². The maximum absolute atomic E-state index is 12.2. The summed E-state index contributed by atoms with van der Waals surface area (Å²) in [4.78, 5) is 39.7. The van der Waals surface area contributed by atoms with Crippen molar-refractivity contribution < 1.29 is 18.8 Å². The number of nitrogens with one attached hydrogen (secondary N) is 1. The van der Waals surface area contributed by atoms with E-state index >= 15 is 0 Å². The third kappa shape index (κ3) is 5.04. The van der Waals surface area contributed by atoms with Gasteiger partial charge in [-0.2, -0.15) is 0 Å². The first kappa shape index (κ1) is 18.8. The number of carbonyl (C=O) groups excluding carboxylic acids is 3. The predicted octanol–water partition coefficient (Wildman–Crippen LogP) is 2.27. The van der Waals surface area contributed by atoms with Gasteiger partial charge < -0.3 is 14.6 Å². The van der Waals surface area contributed by atoms with Crippen molar-refractivity contribution in [1.82, 2.24) is 9.80 Å². The van der Waals surface area contributed by atoms with Crippen LogP contribution >= 0.6 is 0 Å². The van der Waals surface area contributed by atoms with Gasteiger partial charge in [-0.25, -0.2) is 0 Å². The fraction of sp³-hybridized carbons (Fsp3) is 0.350. The van der Waals surface area contributed by atoms with E-state index in [4.69, 9.17) is 4.42 Å². The van der Waals surface area contributed by atoms with Crippen molar-refractivity contribution in [3.05, 3.63) is 54.0 Å². The van der Waals surface area contributed by atoms with E-state index in [1.165, 1.54) is 13.2 Å².